The van der Waals surface area contributed by atoms with Crippen LogP contribution >= 0.6 is 11.6 Å². The van der Waals surface area contributed by atoms with E-state index < -0.39 is 0 Å². The highest BCUT2D eigenvalue weighted by molar-refractivity contribution is 6.17. The molecule has 24 heavy (non-hydrogen) atoms. The van der Waals surface area contributed by atoms with Crippen molar-refractivity contribution in [3.05, 3.63) is 0 Å². The molecule has 0 bridgehead atoms. The van der Waals surface area contributed by atoms with Gasteiger partial charge in [-0.25, -0.2) is 0 Å². The summed E-state index contributed by atoms with van der Waals surface area (Å²) in [6.45, 7) is 3.49. The van der Waals surface area contributed by atoms with Crippen molar-refractivity contribution in [1.29, 1.82) is 0 Å². The maximum absolute atomic E-state index is 5.75. The Balaban J connectivity index is 2.32. The van der Waals surface area contributed by atoms with Crippen molar-refractivity contribution in [1.82, 2.24) is 19.5 Å². The number of alkyl halides is 1. The van der Waals surface area contributed by atoms with Crippen LogP contribution in [-0.2, 0) is 6.54 Å². The Kier molecular flexibility index (Phi) is 7.36. The first-order chi connectivity index (χ1) is 11.7. The van der Waals surface area contributed by atoms with Crippen LogP contribution in [-0.4, -0.2) is 46.2 Å². The van der Waals surface area contributed by atoms with Crippen LogP contribution in [0.15, 0.2) is 0 Å². The van der Waals surface area contributed by atoms with Gasteiger partial charge in [-0.1, -0.05) is 19.8 Å². The molecule has 134 valence electrons. The molecule has 0 aliphatic carbocycles. The predicted octanol–water partition coefficient (Wildman–Crippen LogP) is 3.46. The van der Waals surface area contributed by atoms with E-state index in [0.717, 1.165) is 44.3 Å². The number of halogens is 1. The second-order valence-electron chi connectivity index (χ2n) is 5.48. The molecular weight excluding hydrogens is 330 g/mol. The Morgan fingerprint density at radius 1 is 1.12 bits per heavy atom. The number of hydrogen-bond acceptors (Lipinski definition) is 6. The molecule has 2 aromatic rings. The maximum atomic E-state index is 5.75. The lowest BCUT2D eigenvalue weighted by molar-refractivity contribution is 0.286. The molecule has 0 saturated carbocycles. The van der Waals surface area contributed by atoms with Crippen molar-refractivity contribution in [2.24, 2.45) is 0 Å². The first-order valence-corrected chi connectivity index (χ1v) is 8.97. The van der Waals surface area contributed by atoms with E-state index >= 15 is 0 Å². The normalized spacial score (nSPS) is 11.0. The number of imidazole rings is 1. The zero-order valence-corrected chi connectivity index (χ0v) is 15.4. The predicted molar refractivity (Wildman–Crippen MR) is 96.4 cm³/mol. The van der Waals surface area contributed by atoms with E-state index in [1.165, 1.54) is 0 Å². The van der Waals surface area contributed by atoms with Gasteiger partial charge in [0.1, 0.15) is 0 Å². The highest BCUT2D eigenvalue weighted by Crippen LogP contribution is 2.27. The van der Waals surface area contributed by atoms with E-state index in [1.807, 2.05) is 11.6 Å². The molecule has 0 aromatic carbocycles. The van der Waals surface area contributed by atoms with Gasteiger partial charge < -0.3 is 14.8 Å². The fraction of sp³-hybridized carbons (Fsp3) is 0.688. The summed E-state index contributed by atoms with van der Waals surface area (Å²) in [6.07, 6.45) is 5.07. The molecule has 7 nitrogen and oxygen atoms in total. The van der Waals surface area contributed by atoms with Crippen LogP contribution in [0.4, 0.5) is 5.82 Å². The largest absolute Gasteiger partial charge is 0.468 e. The topological polar surface area (TPSA) is 74.1 Å². The highest BCUT2D eigenvalue weighted by Gasteiger charge is 2.18. The Morgan fingerprint density at radius 2 is 1.96 bits per heavy atom. The second-order valence-corrected chi connectivity index (χ2v) is 5.86. The first kappa shape index (κ1) is 18.6. The molecule has 1 N–H and O–H groups in total. The Hall–Kier alpha value is -1.76. The van der Waals surface area contributed by atoms with Gasteiger partial charge >= 0.3 is 6.01 Å². The third-order valence-corrected chi connectivity index (χ3v) is 3.97. The van der Waals surface area contributed by atoms with Gasteiger partial charge in [0, 0.05) is 19.5 Å². The summed E-state index contributed by atoms with van der Waals surface area (Å²) in [5.74, 6) is 1.33. The standard InChI is InChI=1S/C16H26ClN5O2/c1-4-5-11-24-15-20-13(18-2)12-14(21-15)22(16(19-12)23-3)10-8-6-7-9-17/h4-11H2,1-3H3,(H,18,20,21). The number of aromatic nitrogens is 4. The highest BCUT2D eigenvalue weighted by atomic mass is 35.5. The van der Waals surface area contributed by atoms with Crippen molar-refractivity contribution < 1.29 is 9.47 Å². The van der Waals surface area contributed by atoms with Gasteiger partial charge in [-0.3, -0.25) is 4.57 Å². The van der Waals surface area contributed by atoms with Gasteiger partial charge in [-0.2, -0.15) is 15.0 Å². The van der Waals surface area contributed by atoms with E-state index in [-0.39, 0.29) is 0 Å². The summed E-state index contributed by atoms with van der Waals surface area (Å²) in [5.41, 5.74) is 1.41. The molecule has 0 fully saturated rings. The quantitative estimate of drug-likeness (QED) is 0.491. The third kappa shape index (κ3) is 4.41. The lowest BCUT2D eigenvalue weighted by atomic mass is 10.2. The second kappa shape index (κ2) is 9.52. The molecule has 2 rings (SSSR count). The number of aryl methyl sites for hydroxylation is 1. The molecule has 0 spiro atoms. The van der Waals surface area contributed by atoms with Crippen molar-refractivity contribution in [3.63, 3.8) is 0 Å². The smallest absolute Gasteiger partial charge is 0.320 e. The summed E-state index contributed by atoms with van der Waals surface area (Å²) in [6, 6.07) is 0.900. The average molecular weight is 356 g/mol. The Morgan fingerprint density at radius 3 is 2.62 bits per heavy atom. The van der Waals surface area contributed by atoms with Crippen molar-refractivity contribution in [2.45, 2.75) is 45.6 Å². The number of methoxy groups -OCH3 is 1. The molecule has 0 radical (unpaired) electrons. The van der Waals surface area contributed by atoms with Gasteiger partial charge in [0.15, 0.2) is 17.0 Å². The number of hydrogen-bond donors (Lipinski definition) is 1. The van der Waals surface area contributed by atoms with Crippen LogP contribution in [0.2, 0.25) is 0 Å². The van der Waals surface area contributed by atoms with Crippen molar-refractivity contribution >= 4 is 28.6 Å². The Labute approximate surface area is 147 Å². The lowest BCUT2D eigenvalue weighted by Crippen LogP contribution is -2.06. The molecular formula is C16H26ClN5O2. The SMILES string of the molecule is CCCCOc1nc(NC)c2nc(OC)n(CCCCCCl)c2n1. The minimum atomic E-state index is 0.366. The van der Waals surface area contributed by atoms with E-state index in [9.17, 15) is 0 Å². The molecule has 0 saturated heterocycles. The fourth-order valence-electron chi connectivity index (χ4n) is 2.41. The fourth-order valence-corrected chi connectivity index (χ4v) is 2.59. The molecule has 0 amide bonds. The molecule has 0 aliphatic heterocycles. The van der Waals surface area contributed by atoms with Gasteiger partial charge in [0.05, 0.1) is 13.7 Å². The minimum absolute atomic E-state index is 0.366. The van der Waals surface area contributed by atoms with E-state index in [1.54, 1.807) is 7.11 Å². The van der Waals surface area contributed by atoms with Gasteiger partial charge in [0.25, 0.3) is 6.01 Å². The van der Waals surface area contributed by atoms with Crippen LogP contribution in [0, 0.1) is 0 Å². The summed E-state index contributed by atoms with van der Waals surface area (Å²) < 4.78 is 13.1. The number of nitrogens with one attached hydrogen (secondary N) is 1. The number of rotatable bonds is 11. The summed E-state index contributed by atoms with van der Waals surface area (Å²) in [5, 5.41) is 3.06. The number of fused-ring (bicyclic) bond motifs is 1. The number of unbranched alkanes of at least 4 members (excludes halogenated alkanes) is 3. The van der Waals surface area contributed by atoms with E-state index in [0.29, 0.717) is 35.8 Å². The average Bonchev–Trinajstić information content (AvgIpc) is 2.96. The maximum Gasteiger partial charge on any atom is 0.320 e. The molecule has 0 unspecified atom stereocenters. The van der Waals surface area contributed by atoms with Crippen LogP contribution < -0.4 is 14.8 Å². The van der Waals surface area contributed by atoms with Crippen LogP contribution in [0.3, 0.4) is 0 Å². The van der Waals surface area contributed by atoms with Crippen LogP contribution in [0.1, 0.15) is 39.0 Å². The van der Waals surface area contributed by atoms with Crippen molar-refractivity contribution in [2.75, 3.05) is 32.0 Å². The summed E-state index contributed by atoms with van der Waals surface area (Å²) in [4.78, 5) is 13.5. The summed E-state index contributed by atoms with van der Waals surface area (Å²) >= 11 is 5.75. The van der Waals surface area contributed by atoms with Crippen LogP contribution in [0.25, 0.3) is 11.2 Å². The molecule has 2 aromatic heterocycles. The van der Waals surface area contributed by atoms with E-state index in [2.05, 4.69) is 27.2 Å². The monoisotopic (exact) mass is 355 g/mol. The zero-order valence-electron chi connectivity index (χ0n) is 14.6. The summed E-state index contributed by atoms with van der Waals surface area (Å²) in [7, 11) is 3.42. The molecule has 0 atom stereocenters. The van der Waals surface area contributed by atoms with E-state index in [4.69, 9.17) is 21.1 Å². The molecule has 8 heteroatoms. The van der Waals surface area contributed by atoms with Gasteiger partial charge in [0.2, 0.25) is 0 Å². The number of ether oxygens (including phenoxy) is 2. The Bertz CT molecular complexity index is 647. The third-order valence-electron chi connectivity index (χ3n) is 3.70. The lowest BCUT2D eigenvalue weighted by Gasteiger charge is -2.09. The molecule has 0 aliphatic rings. The number of anilines is 1. The first-order valence-electron chi connectivity index (χ1n) is 8.43. The minimum Gasteiger partial charge on any atom is -0.468 e. The van der Waals surface area contributed by atoms with Crippen LogP contribution in [0.5, 0.6) is 12.0 Å². The zero-order chi connectivity index (χ0) is 17.4. The molecule has 2 heterocycles. The number of nitrogens with zero attached hydrogens (tertiary/aromatic N) is 4. The van der Waals surface area contributed by atoms with Crippen molar-refractivity contribution in [3.8, 4) is 12.0 Å². The van der Waals surface area contributed by atoms with Gasteiger partial charge in [-0.15, -0.1) is 11.6 Å². The van der Waals surface area contributed by atoms with Gasteiger partial charge in [-0.05, 0) is 19.3 Å².